The van der Waals surface area contributed by atoms with Crippen LogP contribution in [0.25, 0.3) is 11.3 Å². The van der Waals surface area contributed by atoms with E-state index in [9.17, 15) is 9.59 Å². The van der Waals surface area contributed by atoms with Crippen LogP contribution in [0.2, 0.25) is 0 Å². The monoisotopic (exact) mass is 426 g/mol. The van der Waals surface area contributed by atoms with E-state index < -0.39 is 11.9 Å². The minimum atomic E-state index is -0.512. The van der Waals surface area contributed by atoms with Gasteiger partial charge in [0, 0.05) is 17.0 Å². The summed E-state index contributed by atoms with van der Waals surface area (Å²) >= 11 is 1.30. The summed E-state index contributed by atoms with van der Waals surface area (Å²) in [5, 5.41) is 8.82. The minimum Gasteiger partial charge on any atom is -0.462 e. The van der Waals surface area contributed by atoms with Gasteiger partial charge in [-0.05, 0) is 26.3 Å². The number of ether oxygens (including phenoxy) is 2. The van der Waals surface area contributed by atoms with Crippen LogP contribution in [0, 0.1) is 6.92 Å². The first kappa shape index (κ1) is 21.5. The molecule has 2 heterocycles. The van der Waals surface area contributed by atoms with E-state index in [0.29, 0.717) is 33.4 Å². The zero-order valence-corrected chi connectivity index (χ0v) is 17.8. The van der Waals surface area contributed by atoms with Crippen molar-refractivity contribution in [2.45, 2.75) is 31.7 Å². The average molecular weight is 426 g/mol. The van der Waals surface area contributed by atoms with Crippen LogP contribution in [0.3, 0.4) is 0 Å². The molecule has 0 aliphatic carbocycles. The second-order valence-electron chi connectivity index (χ2n) is 6.20. The number of nitrogens with one attached hydrogen (secondary N) is 1. The molecular formula is C21H22N4O4S. The highest BCUT2D eigenvalue weighted by Crippen LogP contribution is 2.27. The maximum Gasteiger partial charge on any atom is 0.355 e. The summed E-state index contributed by atoms with van der Waals surface area (Å²) in [7, 11) is 0. The Morgan fingerprint density at radius 3 is 2.37 bits per heavy atom. The van der Waals surface area contributed by atoms with Crippen LogP contribution in [-0.4, -0.2) is 45.3 Å². The zero-order chi connectivity index (χ0) is 21.5. The van der Waals surface area contributed by atoms with E-state index in [1.807, 2.05) is 30.3 Å². The van der Waals surface area contributed by atoms with Gasteiger partial charge in [-0.25, -0.2) is 14.6 Å². The fourth-order valence-electron chi connectivity index (χ4n) is 2.86. The van der Waals surface area contributed by atoms with Crippen LogP contribution in [0.15, 0.2) is 41.7 Å². The predicted octanol–water partition coefficient (Wildman–Crippen LogP) is 3.82. The maximum absolute atomic E-state index is 12.4. The minimum absolute atomic E-state index is 0.235. The Bertz CT molecular complexity index is 1020. The third kappa shape index (κ3) is 4.85. The van der Waals surface area contributed by atoms with Crippen molar-refractivity contribution in [1.29, 1.82) is 0 Å². The van der Waals surface area contributed by atoms with Crippen molar-refractivity contribution in [2.75, 3.05) is 13.2 Å². The van der Waals surface area contributed by atoms with Gasteiger partial charge >= 0.3 is 11.9 Å². The number of carbonyl (C=O) groups is 2. The smallest absolute Gasteiger partial charge is 0.355 e. The number of benzene rings is 1. The van der Waals surface area contributed by atoms with E-state index in [-0.39, 0.29) is 18.9 Å². The number of carbonyl (C=O) groups excluding carboxylic acids is 2. The molecule has 0 amide bonds. The summed E-state index contributed by atoms with van der Waals surface area (Å²) in [5.41, 5.74) is 3.23. The molecule has 2 aromatic heterocycles. The third-order valence-electron chi connectivity index (χ3n) is 4.24. The predicted molar refractivity (Wildman–Crippen MR) is 112 cm³/mol. The number of hydrogen-bond donors (Lipinski definition) is 1. The molecule has 3 aromatic rings. The van der Waals surface area contributed by atoms with Gasteiger partial charge in [0.05, 0.1) is 25.0 Å². The number of H-pyrrole nitrogens is 1. The van der Waals surface area contributed by atoms with Crippen molar-refractivity contribution in [3.05, 3.63) is 59.0 Å². The van der Waals surface area contributed by atoms with Crippen molar-refractivity contribution >= 4 is 23.7 Å². The standard InChI is InChI=1S/C21H22N4O4S/c1-4-28-19(26)17-13(3)18(20(27)29-5-2)23-16(17)12-30-21-22-11-15(24-25-21)14-9-7-6-8-10-14/h6-11,23H,4-5,12H2,1-3H3. The molecule has 0 unspecified atom stereocenters. The van der Waals surface area contributed by atoms with Crippen molar-refractivity contribution in [1.82, 2.24) is 20.2 Å². The molecule has 1 N–H and O–H groups in total. The number of esters is 2. The molecule has 9 heteroatoms. The molecule has 0 spiro atoms. The van der Waals surface area contributed by atoms with Crippen molar-refractivity contribution in [2.24, 2.45) is 0 Å². The highest BCUT2D eigenvalue weighted by atomic mass is 32.2. The molecule has 1 aromatic carbocycles. The van der Waals surface area contributed by atoms with Crippen molar-refractivity contribution < 1.29 is 19.1 Å². The molecule has 0 bridgehead atoms. The van der Waals surface area contributed by atoms with Gasteiger partial charge in [-0.15, -0.1) is 10.2 Å². The van der Waals surface area contributed by atoms with Crippen LogP contribution >= 0.6 is 11.8 Å². The lowest BCUT2D eigenvalue weighted by molar-refractivity contribution is 0.0518. The molecule has 156 valence electrons. The van der Waals surface area contributed by atoms with Gasteiger partial charge in [-0.3, -0.25) is 0 Å². The first-order chi connectivity index (χ1) is 14.5. The lowest BCUT2D eigenvalue weighted by Crippen LogP contribution is -2.09. The SMILES string of the molecule is CCOC(=O)c1[nH]c(CSc2ncc(-c3ccccc3)nn2)c(C(=O)OCC)c1C. The van der Waals surface area contributed by atoms with Crippen LogP contribution in [-0.2, 0) is 15.2 Å². The summed E-state index contributed by atoms with van der Waals surface area (Å²) in [6.07, 6.45) is 1.65. The molecular weight excluding hydrogens is 404 g/mol. The first-order valence-corrected chi connectivity index (χ1v) is 10.5. The fourth-order valence-corrected chi connectivity index (χ4v) is 3.58. The van der Waals surface area contributed by atoms with Gasteiger partial charge in [-0.1, -0.05) is 42.1 Å². The van der Waals surface area contributed by atoms with Gasteiger partial charge in [0.15, 0.2) is 0 Å². The molecule has 0 aliphatic heterocycles. The molecule has 8 nitrogen and oxygen atoms in total. The zero-order valence-electron chi connectivity index (χ0n) is 17.0. The molecule has 0 saturated heterocycles. The number of thioether (sulfide) groups is 1. The molecule has 0 radical (unpaired) electrons. The second-order valence-corrected chi connectivity index (χ2v) is 7.14. The Hall–Kier alpha value is -3.20. The largest absolute Gasteiger partial charge is 0.462 e. The lowest BCUT2D eigenvalue weighted by Gasteiger charge is -2.05. The topological polar surface area (TPSA) is 107 Å². The number of nitrogens with zero attached hydrogens (tertiary/aromatic N) is 3. The summed E-state index contributed by atoms with van der Waals surface area (Å²) in [5.74, 6) is -0.668. The third-order valence-corrected chi connectivity index (χ3v) is 5.12. The first-order valence-electron chi connectivity index (χ1n) is 9.48. The Morgan fingerprint density at radius 1 is 1.03 bits per heavy atom. The Kier molecular flexibility index (Phi) is 7.18. The maximum atomic E-state index is 12.4. The normalized spacial score (nSPS) is 10.6. The van der Waals surface area contributed by atoms with Crippen LogP contribution in [0.4, 0.5) is 0 Å². The van der Waals surface area contributed by atoms with E-state index in [4.69, 9.17) is 9.47 Å². The number of aromatic amines is 1. The van der Waals surface area contributed by atoms with Gasteiger partial charge in [0.2, 0.25) is 5.16 Å². The summed E-state index contributed by atoms with van der Waals surface area (Å²) in [4.78, 5) is 32.0. The highest BCUT2D eigenvalue weighted by molar-refractivity contribution is 7.98. The summed E-state index contributed by atoms with van der Waals surface area (Å²) in [6, 6.07) is 9.64. The van der Waals surface area contributed by atoms with Gasteiger partial charge in [-0.2, -0.15) is 0 Å². The van der Waals surface area contributed by atoms with Crippen LogP contribution in [0.5, 0.6) is 0 Å². The van der Waals surface area contributed by atoms with Gasteiger partial charge in [0.1, 0.15) is 11.4 Å². The molecule has 30 heavy (non-hydrogen) atoms. The molecule has 0 saturated carbocycles. The summed E-state index contributed by atoms with van der Waals surface area (Å²) in [6.45, 7) is 5.62. The molecule has 0 atom stereocenters. The highest BCUT2D eigenvalue weighted by Gasteiger charge is 2.25. The lowest BCUT2D eigenvalue weighted by atomic mass is 10.1. The van der Waals surface area contributed by atoms with E-state index in [2.05, 4.69) is 20.2 Å². The molecule has 0 aliphatic rings. The van der Waals surface area contributed by atoms with Crippen molar-refractivity contribution in [3.8, 4) is 11.3 Å². The summed E-state index contributed by atoms with van der Waals surface area (Å²) < 4.78 is 10.2. The number of rotatable bonds is 8. The number of hydrogen-bond acceptors (Lipinski definition) is 8. The van der Waals surface area contributed by atoms with Crippen LogP contribution < -0.4 is 0 Å². The number of aromatic nitrogens is 4. The average Bonchev–Trinajstić information content (AvgIpc) is 3.10. The Labute approximate surface area is 178 Å². The van der Waals surface area contributed by atoms with Crippen LogP contribution in [0.1, 0.15) is 46.0 Å². The van der Waals surface area contributed by atoms with Gasteiger partial charge < -0.3 is 14.5 Å². The van der Waals surface area contributed by atoms with Crippen molar-refractivity contribution in [3.63, 3.8) is 0 Å². The van der Waals surface area contributed by atoms with E-state index in [1.165, 1.54) is 11.8 Å². The second kappa shape index (κ2) is 10.0. The molecule has 3 rings (SSSR count). The quantitative estimate of drug-likeness (QED) is 0.428. The van der Waals surface area contributed by atoms with E-state index in [0.717, 1.165) is 5.56 Å². The molecule has 0 fully saturated rings. The van der Waals surface area contributed by atoms with E-state index in [1.54, 1.807) is 27.0 Å². The van der Waals surface area contributed by atoms with E-state index >= 15 is 0 Å². The Balaban J connectivity index is 1.80. The van der Waals surface area contributed by atoms with Gasteiger partial charge in [0.25, 0.3) is 0 Å². The Morgan fingerprint density at radius 2 is 1.73 bits per heavy atom. The fraction of sp³-hybridized carbons (Fsp3) is 0.286.